The van der Waals surface area contributed by atoms with Gasteiger partial charge in [-0.2, -0.15) is 0 Å². The molecule has 0 fully saturated rings. The summed E-state index contributed by atoms with van der Waals surface area (Å²) in [5.41, 5.74) is 1.77. The number of nitrogens with zero attached hydrogens (tertiary/aromatic N) is 2. The first-order valence-corrected chi connectivity index (χ1v) is 11.9. The SMILES string of the molecule is COc1ccc(NC(=O)N(C)[C@H](C(=O)Nc2nc(C(=O)NCc3ccccc3)cs2)C(C)C)cc1. The Morgan fingerprint density at radius 1 is 1.03 bits per heavy atom. The quantitative estimate of drug-likeness (QED) is 0.412. The number of nitrogens with one attached hydrogen (secondary N) is 3. The van der Waals surface area contributed by atoms with Crippen molar-refractivity contribution >= 4 is 40.0 Å². The molecule has 3 aromatic rings. The van der Waals surface area contributed by atoms with Gasteiger partial charge in [0.25, 0.3) is 5.91 Å². The zero-order valence-corrected chi connectivity index (χ0v) is 20.9. The summed E-state index contributed by atoms with van der Waals surface area (Å²) in [6.07, 6.45) is 0. The first-order chi connectivity index (χ1) is 16.8. The molecule has 0 aliphatic rings. The predicted molar refractivity (Wildman–Crippen MR) is 137 cm³/mol. The lowest BCUT2D eigenvalue weighted by atomic mass is 10.0. The van der Waals surface area contributed by atoms with E-state index >= 15 is 0 Å². The monoisotopic (exact) mass is 495 g/mol. The topological polar surface area (TPSA) is 113 Å². The standard InChI is InChI=1S/C25H29N5O4S/c1-16(2)21(30(3)25(33)27-18-10-12-19(34-4)13-11-18)23(32)29-24-28-20(15-35-24)22(31)26-14-17-8-6-5-7-9-17/h5-13,15-16,21H,14H2,1-4H3,(H,26,31)(H,27,33)(H,28,29,32)/t21-/m0/s1. The molecule has 0 spiro atoms. The molecule has 1 atom stereocenters. The van der Waals surface area contributed by atoms with Crippen LogP contribution in [0.2, 0.25) is 0 Å². The summed E-state index contributed by atoms with van der Waals surface area (Å²) >= 11 is 1.15. The minimum absolute atomic E-state index is 0.171. The highest BCUT2D eigenvalue weighted by Crippen LogP contribution is 2.20. The fourth-order valence-corrected chi connectivity index (χ4v) is 4.12. The third-order valence-corrected chi connectivity index (χ3v) is 6.00. The second-order valence-electron chi connectivity index (χ2n) is 8.15. The summed E-state index contributed by atoms with van der Waals surface area (Å²) < 4.78 is 5.12. The van der Waals surface area contributed by atoms with E-state index in [9.17, 15) is 14.4 Å². The third-order valence-electron chi connectivity index (χ3n) is 5.24. The molecular formula is C25H29N5O4S. The molecule has 0 saturated heterocycles. The van der Waals surface area contributed by atoms with Crippen molar-refractivity contribution in [2.24, 2.45) is 5.92 Å². The molecule has 0 radical (unpaired) electrons. The van der Waals surface area contributed by atoms with Crippen LogP contribution in [-0.4, -0.2) is 47.9 Å². The maximum atomic E-state index is 13.0. The van der Waals surface area contributed by atoms with Crippen LogP contribution in [-0.2, 0) is 11.3 Å². The number of benzene rings is 2. The van der Waals surface area contributed by atoms with Gasteiger partial charge in [0.1, 0.15) is 17.5 Å². The third kappa shape index (κ3) is 7.03. The number of hydrogen-bond donors (Lipinski definition) is 3. The highest BCUT2D eigenvalue weighted by Gasteiger charge is 2.30. The van der Waals surface area contributed by atoms with Crippen LogP contribution in [0.4, 0.5) is 15.6 Å². The maximum Gasteiger partial charge on any atom is 0.322 e. The number of ether oxygens (including phenoxy) is 1. The maximum absolute atomic E-state index is 13.0. The van der Waals surface area contributed by atoms with E-state index in [1.807, 2.05) is 44.2 Å². The number of methoxy groups -OCH3 is 1. The summed E-state index contributed by atoms with van der Waals surface area (Å²) in [5.74, 6) is -0.220. The van der Waals surface area contributed by atoms with Crippen molar-refractivity contribution in [1.82, 2.24) is 15.2 Å². The van der Waals surface area contributed by atoms with Gasteiger partial charge in [-0.25, -0.2) is 9.78 Å². The summed E-state index contributed by atoms with van der Waals surface area (Å²) in [7, 11) is 3.13. The second kappa shape index (κ2) is 12.0. The molecule has 0 unspecified atom stereocenters. The van der Waals surface area contributed by atoms with Crippen LogP contribution in [0.3, 0.4) is 0 Å². The van der Waals surface area contributed by atoms with E-state index < -0.39 is 18.0 Å². The van der Waals surface area contributed by atoms with Crippen LogP contribution in [0, 0.1) is 5.92 Å². The number of carbonyl (C=O) groups is 3. The zero-order chi connectivity index (χ0) is 25.4. The van der Waals surface area contributed by atoms with Crippen molar-refractivity contribution in [3.63, 3.8) is 0 Å². The number of aromatic nitrogens is 1. The van der Waals surface area contributed by atoms with Gasteiger partial charge < -0.3 is 25.6 Å². The molecule has 35 heavy (non-hydrogen) atoms. The zero-order valence-electron chi connectivity index (χ0n) is 20.1. The van der Waals surface area contributed by atoms with Gasteiger partial charge in [-0.15, -0.1) is 11.3 Å². The predicted octanol–water partition coefficient (Wildman–Crippen LogP) is 4.21. The summed E-state index contributed by atoms with van der Waals surface area (Å²) in [6, 6.07) is 15.3. The minimum atomic E-state index is -0.757. The lowest BCUT2D eigenvalue weighted by Gasteiger charge is -2.30. The number of hydrogen-bond acceptors (Lipinski definition) is 6. The molecule has 2 aromatic carbocycles. The Balaban J connectivity index is 1.60. The van der Waals surface area contributed by atoms with Crippen molar-refractivity contribution in [1.29, 1.82) is 0 Å². The van der Waals surface area contributed by atoms with Gasteiger partial charge in [-0.05, 0) is 35.7 Å². The van der Waals surface area contributed by atoms with Gasteiger partial charge >= 0.3 is 6.03 Å². The van der Waals surface area contributed by atoms with E-state index in [0.717, 1.165) is 16.9 Å². The van der Waals surface area contributed by atoms with Crippen LogP contribution in [0.1, 0.15) is 29.9 Å². The molecule has 10 heteroatoms. The highest BCUT2D eigenvalue weighted by molar-refractivity contribution is 7.14. The van der Waals surface area contributed by atoms with Gasteiger partial charge in [0.05, 0.1) is 7.11 Å². The van der Waals surface area contributed by atoms with Gasteiger partial charge in [0.2, 0.25) is 5.91 Å². The smallest absolute Gasteiger partial charge is 0.322 e. The first kappa shape index (κ1) is 25.7. The number of carbonyl (C=O) groups excluding carboxylic acids is 3. The number of thiazole rings is 1. The van der Waals surface area contributed by atoms with Crippen LogP contribution in [0.5, 0.6) is 5.75 Å². The fraction of sp³-hybridized carbons (Fsp3) is 0.280. The van der Waals surface area contributed by atoms with Crippen molar-refractivity contribution in [3.05, 3.63) is 71.2 Å². The van der Waals surface area contributed by atoms with E-state index in [4.69, 9.17) is 4.74 Å². The molecule has 1 aromatic heterocycles. The van der Waals surface area contributed by atoms with Crippen molar-refractivity contribution in [3.8, 4) is 5.75 Å². The van der Waals surface area contributed by atoms with Crippen molar-refractivity contribution in [2.75, 3.05) is 24.8 Å². The fourth-order valence-electron chi connectivity index (χ4n) is 3.42. The molecule has 1 heterocycles. The van der Waals surface area contributed by atoms with E-state index in [-0.39, 0.29) is 22.7 Å². The minimum Gasteiger partial charge on any atom is -0.497 e. The molecule has 3 N–H and O–H groups in total. The highest BCUT2D eigenvalue weighted by atomic mass is 32.1. The van der Waals surface area contributed by atoms with E-state index in [1.54, 1.807) is 43.8 Å². The Hall–Kier alpha value is -3.92. The lowest BCUT2D eigenvalue weighted by Crippen LogP contribution is -2.49. The number of amides is 4. The molecule has 0 bridgehead atoms. The number of anilines is 2. The summed E-state index contributed by atoms with van der Waals surface area (Å²) in [4.78, 5) is 43.8. The average Bonchev–Trinajstić information content (AvgIpc) is 3.32. The molecule has 0 aliphatic carbocycles. The van der Waals surface area contributed by atoms with Crippen LogP contribution < -0.4 is 20.7 Å². The van der Waals surface area contributed by atoms with Gasteiger partial charge in [0.15, 0.2) is 5.13 Å². The Kier molecular flexibility index (Phi) is 8.80. The largest absolute Gasteiger partial charge is 0.497 e. The average molecular weight is 496 g/mol. The van der Waals surface area contributed by atoms with Crippen LogP contribution in [0.25, 0.3) is 0 Å². The second-order valence-corrected chi connectivity index (χ2v) is 9.01. The molecule has 0 saturated carbocycles. The van der Waals surface area contributed by atoms with Gasteiger partial charge in [-0.3, -0.25) is 9.59 Å². The van der Waals surface area contributed by atoms with Crippen LogP contribution in [0.15, 0.2) is 60.0 Å². The normalized spacial score (nSPS) is 11.5. The Morgan fingerprint density at radius 2 is 1.71 bits per heavy atom. The summed E-state index contributed by atoms with van der Waals surface area (Å²) in [5, 5.41) is 10.2. The molecule has 9 nitrogen and oxygen atoms in total. The van der Waals surface area contributed by atoms with Gasteiger partial charge in [-0.1, -0.05) is 44.2 Å². The van der Waals surface area contributed by atoms with Gasteiger partial charge in [0, 0.05) is 24.7 Å². The summed E-state index contributed by atoms with van der Waals surface area (Å²) in [6.45, 7) is 4.08. The number of urea groups is 1. The van der Waals surface area contributed by atoms with E-state index in [0.29, 0.717) is 18.0 Å². The van der Waals surface area contributed by atoms with Crippen LogP contribution >= 0.6 is 11.3 Å². The number of rotatable bonds is 9. The molecule has 0 aliphatic heterocycles. The molecule has 3 rings (SSSR count). The first-order valence-electron chi connectivity index (χ1n) is 11.0. The Labute approximate surface area is 208 Å². The van der Waals surface area contributed by atoms with Crippen molar-refractivity contribution in [2.45, 2.75) is 26.4 Å². The van der Waals surface area contributed by atoms with E-state index in [2.05, 4.69) is 20.9 Å². The van der Waals surface area contributed by atoms with E-state index in [1.165, 1.54) is 4.90 Å². The molecular weight excluding hydrogens is 466 g/mol. The number of likely N-dealkylation sites (N-methyl/N-ethyl adjacent to an activating group) is 1. The Morgan fingerprint density at radius 3 is 2.34 bits per heavy atom. The van der Waals surface area contributed by atoms with Crippen molar-refractivity contribution < 1.29 is 19.1 Å². The molecule has 184 valence electrons. The molecule has 4 amide bonds. The lowest BCUT2D eigenvalue weighted by molar-refractivity contribution is -0.121. The Bertz CT molecular complexity index is 1150.